The molecule has 9 nitrogen and oxygen atoms in total. The van der Waals surface area contributed by atoms with Gasteiger partial charge >= 0.3 is 0 Å². The summed E-state index contributed by atoms with van der Waals surface area (Å²) in [4.78, 5) is 12.8. The predicted octanol–water partition coefficient (Wildman–Crippen LogP) is 5.15. The molecular weight excluding hydrogens is 574 g/mol. The fourth-order valence-corrected chi connectivity index (χ4v) is 4.94. The van der Waals surface area contributed by atoms with E-state index >= 15 is 0 Å². The molecule has 1 rings (SSSR count). The summed E-state index contributed by atoms with van der Waals surface area (Å²) in [7, 11) is 0. The zero-order chi connectivity index (χ0) is 33.1. The molecule has 45 heavy (non-hydrogen) atoms. The first-order chi connectivity index (χ1) is 21.8. The summed E-state index contributed by atoms with van der Waals surface area (Å²) in [5.41, 5.74) is 0. The van der Waals surface area contributed by atoms with Gasteiger partial charge in [0.05, 0.1) is 25.4 Å². The van der Waals surface area contributed by atoms with E-state index in [1.54, 1.807) is 6.08 Å². The molecule has 1 amide bonds. The Hall–Kier alpha value is -1.85. The summed E-state index contributed by atoms with van der Waals surface area (Å²) in [6, 6.07) is -0.828. The van der Waals surface area contributed by atoms with E-state index in [4.69, 9.17) is 9.47 Å². The van der Waals surface area contributed by atoms with Crippen LogP contribution in [-0.4, -0.2) is 87.5 Å². The molecular formula is C36H63NO8. The van der Waals surface area contributed by atoms with Gasteiger partial charge in [-0.1, -0.05) is 101 Å². The smallest absolute Gasteiger partial charge is 0.220 e. The van der Waals surface area contributed by atoms with Gasteiger partial charge in [0.15, 0.2) is 6.29 Å². The van der Waals surface area contributed by atoms with Crippen molar-refractivity contribution in [3.05, 3.63) is 48.6 Å². The Morgan fingerprint density at radius 2 is 1.31 bits per heavy atom. The number of hydrogen-bond donors (Lipinski definition) is 6. The number of ether oxygens (including phenoxy) is 2. The first-order valence-electron chi connectivity index (χ1n) is 17.4. The molecule has 1 fully saturated rings. The summed E-state index contributed by atoms with van der Waals surface area (Å²) < 4.78 is 11.1. The minimum atomic E-state index is -1.57. The molecule has 0 bridgehead atoms. The molecule has 1 saturated heterocycles. The zero-order valence-electron chi connectivity index (χ0n) is 27.8. The molecule has 0 aliphatic carbocycles. The number of unbranched alkanes of at least 4 members (excludes halogenated alkanes) is 10. The fraction of sp³-hybridized carbons (Fsp3) is 0.750. The maximum absolute atomic E-state index is 12.8. The second kappa shape index (κ2) is 27.3. The van der Waals surface area contributed by atoms with Gasteiger partial charge in [-0.3, -0.25) is 4.79 Å². The maximum atomic E-state index is 12.8. The first-order valence-corrected chi connectivity index (χ1v) is 17.4. The second-order valence-corrected chi connectivity index (χ2v) is 11.9. The van der Waals surface area contributed by atoms with Crippen LogP contribution in [0.2, 0.25) is 0 Å². The number of hydrogen-bond acceptors (Lipinski definition) is 8. The molecule has 1 aliphatic heterocycles. The maximum Gasteiger partial charge on any atom is 0.220 e. The van der Waals surface area contributed by atoms with Gasteiger partial charge in [0.2, 0.25) is 5.91 Å². The number of carbonyl (C=O) groups is 1. The molecule has 0 spiro atoms. The van der Waals surface area contributed by atoms with E-state index in [1.165, 1.54) is 12.8 Å². The molecule has 0 radical (unpaired) electrons. The molecule has 0 aromatic carbocycles. The van der Waals surface area contributed by atoms with Crippen LogP contribution in [0.4, 0.5) is 0 Å². The van der Waals surface area contributed by atoms with Crippen molar-refractivity contribution in [2.45, 2.75) is 159 Å². The van der Waals surface area contributed by atoms with Gasteiger partial charge in [-0.2, -0.15) is 0 Å². The molecule has 260 valence electrons. The van der Waals surface area contributed by atoms with E-state index < -0.39 is 49.5 Å². The van der Waals surface area contributed by atoms with E-state index in [0.717, 1.165) is 83.5 Å². The zero-order valence-corrected chi connectivity index (χ0v) is 27.8. The Morgan fingerprint density at radius 3 is 1.96 bits per heavy atom. The van der Waals surface area contributed by atoms with Gasteiger partial charge in [0.1, 0.15) is 24.4 Å². The van der Waals surface area contributed by atoms with E-state index in [2.05, 4.69) is 55.6 Å². The van der Waals surface area contributed by atoms with Crippen LogP contribution in [0.1, 0.15) is 117 Å². The highest BCUT2D eigenvalue weighted by Gasteiger charge is 2.44. The summed E-state index contributed by atoms with van der Waals surface area (Å²) in [5.74, 6) is -0.209. The van der Waals surface area contributed by atoms with Gasteiger partial charge in [-0.25, -0.2) is 0 Å². The predicted molar refractivity (Wildman–Crippen MR) is 179 cm³/mol. The van der Waals surface area contributed by atoms with Gasteiger partial charge in [0, 0.05) is 6.42 Å². The highest BCUT2D eigenvalue weighted by molar-refractivity contribution is 5.76. The Labute approximate surface area is 272 Å². The van der Waals surface area contributed by atoms with E-state index in [0.29, 0.717) is 6.42 Å². The Balaban J connectivity index is 2.57. The topological polar surface area (TPSA) is 149 Å². The van der Waals surface area contributed by atoms with Crippen molar-refractivity contribution in [2.75, 3.05) is 13.2 Å². The lowest BCUT2D eigenvalue weighted by Gasteiger charge is -2.40. The summed E-state index contributed by atoms with van der Waals surface area (Å²) >= 11 is 0. The van der Waals surface area contributed by atoms with E-state index in [9.17, 15) is 30.3 Å². The van der Waals surface area contributed by atoms with Crippen molar-refractivity contribution >= 4 is 5.91 Å². The number of allylic oxidation sites excluding steroid dienone is 7. The van der Waals surface area contributed by atoms with Crippen LogP contribution < -0.4 is 5.32 Å². The van der Waals surface area contributed by atoms with E-state index in [-0.39, 0.29) is 12.5 Å². The van der Waals surface area contributed by atoms with Crippen molar-refractivity contribution in [3.63, 3.8) is 0 Å². The average Bonchev–Trinajstić information content (AvgIpc) is 3.04. The number of aliphatic hydroxyl groups is 5. The largest absolute Gasteiger partial charge is 0.394 e. The van der Waals surface area contributed by atoms with Crippen LogP contribution in [0.15, 0.2) is 48.6 Å². The Morgan fingerprint density at radius 1 is 0.733 bits per heavy atom. The quantitative estimate of drug-likeness (QED) is 0.0563. The molecule has 7 atom stereocenters. The lowest BCUT2D eigenvalue weighted by molar-refractivity contribution is -0.302. The van der Waals surface area contributed by atoms with Crippen LogP contribution in [0, 0.1) is 0 Å². The second-order valence-electron chi connectivity index (χ2n) is 11.9. The van der Waals surface area contributed by atoms with Crippen molar-refractivity contribution in [2.24, 2.45) is 0 Å². The molecule has 0 saturated carbocycles. The third-order valence-electron chi connectivity index (χ3n) is 7.83. The van der Waals surface area contributed by atoms with Crippen LogP contribution >= 0.6 is 0 Å². The number of amides is 1. The molecule has 9 heteroatoms. The molecule has 6 N–H and O–H groups in total. The van der Waals surface area contributed by atoms with Gasteiger partial charge in [0.25, 0.3) is 0 Å². The standard InChI is InChI=1S/C36H63NO8/c1-3-5-7-9-11-13-15-17-19-21-23-25-30(39)29(28-44-36-35(43)34(42)33(41)31(27-38)45-36)37-32(40)26-24-22-20-18-16-14-12-10-8-6-4-2/h7,9-10,12,15,17,23,25,29-31,33-36,38-39,41-43H,3-6,8,11,13-14,16,18-22,24,26-28H2,1-2H3,(H,37,40)/b9-7+,12-10-,17-15+,25-23+. The number of carbonyl (C=O) groups excluding carboxylic acids is 1. The third kappa shape index (κ3) is 19.4. The minimum absolute atomic E-state index is 0.209. The lowest BCUT2D eigenvalue weighted by atomic mass is 9.99. The fourth-order valence-electron chi connectivity index (χ4n) is 4.94. The highest BCUT2D eigenvalue weighted by Crippen LogP contribution is 2.22. The van der Waals surface area contributed by atoms with Gasteiger partial charge < -0.3 is 40.3 Å². The molecule has 0 aromatic heterocycles. The van der Waals surface area contributed by atoms with Crippen LogP contribution in [0.5, 0.6) is 0 Å². The Bertz CT molecular complexity index is 843. The van der Waals surface area contributed by atoms with Gasteiger partial charge in [-0.15, -0.1) is 0 Å². The molecule has 0 aromatic rings. The summed E-state index contributed by atoms with van der Waals surface area (Å²) in [6.45, 7) is 3.58. The highest BCUT2D eigenvalue weighted by atomic mass is 16.7. The molecule has 1 aliphatic rings. The number of nitrogens with one attached hydrogen (secondary N) is 1. The van der Waals surface area contributed by atoms with Crippen molar-refractivity contribution in [1.29, 1.82) is 0 Å². The van der Waals surface area contributed by atoms with Crippen LogP contribution in [0.25, 0.3) is 0 Å². The Kier molecular flexibility index (Phi) is 25.0. The average molecular weight is 638 g/mol. The monoisotopic (exact) mass is 637 g/mol. The van der Waals surface area contributed by atoms with Crippen molar-refractivity contribution < 1.29 is 39.8 Å². The normalized spacial score (nSPS) is 23.9. The van der Waals surface area contributed by atoms with Crippen molar-refractivity contribution in [1.82, 2.24) is 5.32 Å². The number of rotatable bonds is 26. The minimum Gasteiger partial charge on any atom is -0.394 e. The lowest BCUT2D eigenvalue weighted by Crippen LogP contribution is -2.60. The molecule has 1 heterocycles. The third-order valence-corrected chi connectivity index (χ3v) is 7.83. The van der Waals surface area contributed by atoms with Crippen LogP contribution in [-0.2, 0) is 14.3 Å². The first kappa shape index (κ1) is 41.2. The van der Waals surface area contributed by atoms with Gasteiger partial charge in [-0.05, 0) is 57.8 Å². The van der Waals surface area contributed by atoms with E-state index in [1.807, 2.05) is 6.08 Å². The summed E-state index contributed by atoms with van der Waals surface area (Å²) in [5, 5.41) is 53.6. The van der Waals surface area contributed by atoms with Crippen molar-refractivity contribution in [3.8, 4) is 0 Å². The SMILES string of the molecule is CCC/C=C/CC/C=C/CC/C=C/C(O)C(COC1OC(CO)C(O)C(O)C1O)NC(=O)CCCCCCC/C=C\CCCC. The van der Waals surface area contributed by atoms with Crippen LogP contribution in [0.3, 0.4) is 0 Å². The summed E-state index contributed by atoms with van der Waals surface area (Å²) in [6.07, 6.45) is 24.5. The molecule has 7 unspecified atom stereocenters. The number of aliphatic hydroxyl groups excluding tert-OH is 5.